The molecule has 1 saturated heterocycles. The summed E-state index contributed by atoms with van der Waals surface area (Å²) in [5.41, 5.74) is 1.98. The highest BCUT2D eigenvalue weighted by molar-refractivity contribution is 8.16. The first-order valence-electron chi connectivity index (χ1n) is 7.13. The molecule has 1 aliphatic heterocycles. The SMILES string of the molecule is O=C(Nc1ccccc1F)c1ccc(C2SCCCS2)cc1. The zero-order valence-electron chi connectivity index (χ0n) is 11.9. The maximum atomic E-state index is 13.6. The Bertz CT molecular complexity index is 654. The van der Waals surface area contributed by atoms with Crippen LogP contribution in [-0.4, -0.2) is 17.4 Å². The van der Waals surface area contributed by atoms with Crippen LogP contribution in [0.25, 0.3) is 0 Å². The maximum absolute atomic E-state index is 13.6. The van der Waals surface area contributed by atoms with Gasteiger partial charge in [0.15, 0.2) is 0 Å². The molecule has 1 N–H and O–H groups in total. The van der Waals surface area contributed by atoms with Crippen molar-refractivity contribution in [2.24, 2.45) is 0 Å². The average molecular weight is 333 g/mol. The van der Waals surface area contributed by atoms with Crippen molar-refractivity contribution < 1.29 is 9.18 Å². The Morgan fingerprint density at radius 3 is 2.41 bits per heavy atom. The summed E-state index contributed by atoms with van der Waals surface area (Å²) < 4.78 is 14.0. The van der Waals surface area contributed by atoms with E-state index < -0.39 is 5.82 Å². The number of rotatable bonds is 3. The van der Waals surface area contributed by atoms with Crippen LogP contribution >= 0.6 is 23.5 Å². The molecule has 2 nitrogen and oxygen atoms in total. The number of para-hydroxylation sites is 1. The topological polar surface area (TPSA) is 29.1 Å². The van der Waals surface area contributed by atoms with E-state index in [0.717, 1.165) is 0 Å². The fourth-order valence-electron chi connectivity index (χ4n) is 2.23. The van der Waals surface area contributed by atoms with Crippen molar-refractivity contribution in [3.05, 3.63) is 65.5 Å². The molecule has 0 saturated carbocycles. The first-order chi connectivity index (χ1) is 10.7. The minimum atomic E-state index is -0.428. The van der Waals surface area contributed by atoms with E-state index in [4.69, 9.17) is 0 Å². The number of carbonyl (C=O) groups is 1. The van der Waals surface area contributed by atoms with Gasteiger partial charge < -0.3 is 5.32 Å². The predicted molar refractivity (Wildman–Crippen MR) is 93.1 cm³/mol. The third-order valence-corrected chi connectivity index (χ3v) is 6.41. The van der Waals surface area contributed by atoms with Gasteiger partial charge in [0.2, 0.25) is 0 Å². The summed E-state index contributed by atoms with van der Waals surface area (Å²) in [6.07, 6.45) is 1.26. The fourth-order valence-corrected chi connectivity index (χ4v) is 5.12. The number of nitrogens with one attached hydrogen (secondary N) is 1. The number of amides is 1. The quantitative estimate of drug-likeness (QED) is 0.862. The third kappa shape index (κ3) is 3.65. The predicted octanol–water partition coefficient (Wildman–Crippen LogP) is 4.95. The van der Waals surface area contributed by atoms with Gasteiger partial charge in [-0.1, -0.05) is 24.3 Å². The van der Waals surface area contributed by atoms with E-state index in [1.165, 1.54) is 29.6 Å². The summed E-state index contributed by atoms with van der Waals surface area (Å²) in [6, 6.07) is 13.8. The number of thioether (sulfide) groups is 2. The van der Waals surface area contributed by atoms with Crippen LogP contribution in [-0.2, 0) is 0 Å². The van der Waals surface area contributed by atoms with Crippen molar-refractivity contribution >= 4 is 35.1 Å². The average Bonchev–Trinajstić information content (AvgIpc) is 2.58. The molecule has 0 atom stereocenters. The molecule has 0 radical (unpaired) electrons. The molecule has 1 fully saturated rings. The van der Waals surface area contributed by atoms with Crippen LogP contribution < -0.4 is 5.32 Å². The number of carbonyl (C=O) groups excluding carboxylic acids is 1. The zero-order chi connectivity index (χ0) is 15.4. The summed E-state index contributed by atoms with van der Waals surface area (Å²) in [7, 11) is 0. The smallest absolute Gasteiger partial charge is 0.255 e. The third-order valence-electron chi connectivity index (χ3n) is 3.39. The molecule has 0 aliphatic carbocycles. The van der Waals surface area contributed by atoms with Gasteiger partial charge in [0.25, 0.3) is 5.91 Å². The van der Waals surface area contributed by atoms with Gasteiger partial charge in [-0.25, -0.2) is 4.39 Å². The van der Waals surface area contributed by atoms with Gasteiger partial charge in [-0.05, 0) is 47.8 Å². The van der Waals surface area contributed by atoms with E-state index in [9.17, 15) is 9.18 Å². The first-order valence-corrected chi connectivity index (χ1v) is 9.23. The minimum Gasteiger partial charge on any atom is -0.319 e. The van der Waals surface area contributed by atoms with E-state index >= 15 is 0 Å². The summed E-state index contributed by atoms with van der Waals surface area (Å²) >= 11 is 3.90. The van der Waals surface area contributed by atoms with Crippen molar-refractivity contribution in [3.63, 3.8) is 0 Å². The molecule has 3 rings (SSSR count). The molecular formula is C17H16FNOS2. The normalized spacial score (nSPS) is 15.5. The summed E-state index contributed by atoms with van der Waals surface area (Å²) in [4.78, 5) is 12.2. The van der Waals surface area contributed by atoms with Crippen LogP contribution in [0.5, 0.6) is 0 Å². The van der Waals surface area contributed by atoms with E-state index in [-0.39, 0.29) is 11.6 Å². The van der Waals surface area contributed by atoms with Gasteiger partial charge in [-0.3, -0.25) is 4.79 Å². The van der Waals surface area contributed by atoms with Crippen LogP contribution in [0.2, 0.25) is 0 Å². The first kappa shape index (κ1) is 15.4. The number of halogens is 1. The molecule has 22 heavy (non-hydrogen) atoms. The molecule has 1 aliphatic rings. The Labute approximate surface area is 137 Å². The van der Waals surface area contributed by atoms with Crippen LogP contribution in [0.4, 0.5) is 10.1 Å². The second-order valence-electron chi connectivity index (χ2n) is 4.98. The number of anilines is 1. The molecule has 1 amide bonds. The van der Waals surface area contributed by atoms with Crippen molar-refractivity contribution in [3.8, 4) is 0 Å². The zero-order valence-corrected chi connectivity index (χ0v) is 13.6. The Morgan fingerprint density at radius 1 is 1.05 bits per heavy atom. The lowest BCUT2D eigenvalue weighted by Gasteiger charge is -2.21. The van der Waals surface area contributed by atoms with E-state index in [1.54, 1.807) is 30.3 Å². The number of hydrogen-bond donors (Lipinski definition) is 1. The Hall–Kier alpha value is -1.46. The molecule has 2 aromatic rings. The van der Waals surface area contributed by atoms with Crippen molar-refractivity contribution in [1.29, 1.82) is 0 Å². The fraction of sp³-hybridized carbons (Fsp3) is 0.235. The van der Waals surface area contributed by atoms with Crippen LogP contribution in [0, 0.1) is 5.82 Å². The Morgan fingerprint density at radius 2 is 1.73 bits per heavy atom. The standard InChI is InChI=1S/C17H16FNOS2/c18-14-4-1-2-5-15(14)19-16(20)12-6-8-13(9-7-12)17-21-10-3-11-22-17/h1-2,4-9,17H,3,10-11H2,(H,19,20). The lowest BCUT2D eigenvalue weighted by Crippen LogP contribution is -2.13. The van der Waals surface area contributed by atoms with Gasteiger partial charge in [0, 0.05) is 5.56 Å². The van der Waals surface area contributed by atoms with E-state index in [0.29, 0.717) is 10.1 Å². The second-order valence-corrected chi connectivity index (χ2v) is 7.71. The number of benzene rings is 2. The molecule has 0 spiro atoms. The van der Waals surface area contributed by atoms with Crippen LogP contribution in [0.1, 0.15) is 26.9 Å². The monoisotopic (exact) mass is 333 g/mol. The van der Waals surface area contributed by atoms with Crippen LogP contribution in [0.15, 0.2) is 48.5 Å². The Balaban J connectivity index is 1.69. The van der Waals surface area contributed by atoms with Gasteiger partial charge in [0.1, 0.15) is 5.82 Å². The lowest BCUT2D eigenvalue weighted by molar-refractivity contribution is 0.102. The highest BCUT2D eigenvalue weighted by Gasteiger charge is 2.17. The molecule has 2 aromatic carbocycles. The molecule has 1 heterocycles. The minimum absolute atomic E-state index is 0.204. The van der Waals surface area contributed by atoms with Gasteiger partial charge in [0.05, 0.1) is 10.3 Å². The van der Waals surface area contributed by atoms with Crippen molar-refractivity contribution in [1.82, 2.24) is 0 Å². The Kier molecular flexibility index (Phi) is 5.05. The molecule has 0 unspecified atom stereocenters. The van der Waals surface area contributed by atoms with Crippen molar-refractivity contribution in [2.75, 3.05) is 16.8 Å². The maximum Gasteiger partial charge on any atom is 0.255 e. The highest BCUT2D eigenvalue weighted by Crippen LogP contribution is 2.43. The number of hydrogen-bond acceptors (Lipinski definition) is 3. The highest BCUT2D eigenvalue weighted by atomic mass is 32.2. The molecule has 114 valence electrons. The lowest BCUT2D eigenvalue weighted by atomic mass is 10.1. The molecule has 0 bridgehead atoms. The van der Waals surface area contributed by atoms with E-state index in [1.807, 2.05) is 35.7 Å². The van der Waals surface area contributed by atoms with E-state index in [2.05, 4.69) is 5.32 Å². The van der Waals surface area contributed by atoms with Gasteiger partial charge >= 0.3 is 0 Å². The second kappa shape index (κ2) is 7.20. The van der Waals surface area contributed by atoms with Crippen molar-refractivity contribution in [2.45, 2.75) is 11.0 Å². The summed E-state index contributed by atoms with van der Waals surface area (Å²) in [6.45, 7) is 0. The summed E-state index contributed by atoms with van der Waals surface area (Å²) in [5.74, 6) is 1.66. The summed E-state index contributed by atoms with van der Waals surface area (Å²) in [5, 5.41) is 2.60. The van der Waals surface area contributed by atoms with Gasteiger partial charge in [-0.2, -0.15) is 0 Å². The molecule has 0 aromatic heterocycles. The van der Waals surface area contributed by atoms with Crippen LogP contribution in [0.3, 0.4) is 0 Å². The molecule has 5 heteroatoms. The van der Waals surface area contributed by atoms with Gasteiger partial charge in [-0.15, -0.1) is 23.5 Å². The molecular weight excluding hydrogens is 317 g/mol. The largest absolute Gasteiger partial charge is 0.319 e.